The highest BCUT2D eigenvalue weighted by Gasteiger charge is 2.19. The van der Waals surface area contributed by atoms with Crippen LogP contribution in [0.5, 0.6) is 0 Å². The van der Waals surface area contributed by atoms with Crippen LogP contribution in [0.25, 0.3) is 0 Å². The molecule has 6 nitrogen and oxygen atoms in total. The van der Waals surface area contributed by atoms with Gasteiger partial charge in [-0.2, -0.15) is 0 Å². The van der Waals surface area contributed by atoms with Crippen molar-refractivity contribution in [2.45, 2.75) is 181 Å². The van der Waals surface area contributed by atoms with Crippen LogP contribution < -0.4 is 0 Å². The van der Waals surface area contributed by atoms with E-state index >= 15 is 0 Å². The van der Waals surface area contributed by atoms with Gasteiger partial charge < -0.3 is 14.2 Å². The zero-order valence-corrected chi connectivity index (χ0v) is 43.2. The van der Waals surface area contributed by atoms with E-state index in [1.165, 1.54) is 12.8 Å². The van der Waals surface area contributed by atoms with E-state index in [-0.39, 0.29) is 50.4 Å². The van der Waals surface area contributed by atoms with Gasteiger partial charge in [-0.25, -0.2) is 0 Å². The summed E-state index contributed by atoms with van der Waals surface area (Å²) < 4.78 is 16.7. The number of hydrogen-bond acceptors (Lipinski definition) is 6. The van der Waals surface area contributed by atoms with Crippen LogP contribution in [-0.4, -0.2) is 37.2 Å². The van der Waals surface area contributed by atoms with E-state index in [0.29, 0.717) is 12.8 Å². The third kappa shape index (κ3) is 53.3. The van der Waals surface area contributed by atoms with Gasteiger partial charge in [-0.15, -0.1) is 0 Å². The first-order valence-corrected chi connectivity index (χ1v) is 26.4. The Hall–Kier alpha value is -5.49. The van der Waals surface area contributed by atoms with Gasteiger partial charge in [-0.1, -0.05) is 229 Å². The third-order valence-corrected chi connectivity index (χ3v) is 10.0. The van der Waals surface area contributed by atoms with Gasteiger partial charge in [0.2, 0.25) is 0 Å². The summed E-state index contributed by atoms with van der Waals surface area (Å²) in [6.45, 7) is 6.09. The summed E-state index contributed by atoms with van der Waals surface area (Å²) in [6, 6.07) is 0. The van der Waals surface area contributed by atoms with Crippen LogP contribution in [0.4, 0.5) is 0 Å². The molecule has 1 atom stereocenters. The topological polar surface area (TPSA) is 78.9 Å². The number of ether oxygens (including phenoxy) is 3. The number of rotatable bonds is 44. The normalized spacial score (nSPS) is 13.6. The molecule has 0 rings (SSSR count). The van der Waals surface area contributed by atoms with Crippen LogP contribution in [0.15, 0.2) is 182 Å². The van der Waals surface area contributed by atoms with E-state index in [0.717, 1.165) is 109 Å². The van der Waals surface area contributed by atoms with E-state index in [1.807, 2.05) is 66.8 Å². The fourth-order valence-electron chi connectivity index (χ4n) is 6.19. The molecule has 0 radical (unpaired) electrons. The summed E-state index contributed by atoms with van der Waals surface area (Å²) in [5, 5.41) is 0. The standard InChI is InChI=1S/C63H92O6/c1-4-7-10-13-16-19-22-25-27-29-31-33-35-38-41-44-47-50-53-56-62(65)68-59-60(58-67-61(64)55-52-49-46-43-40-37-24-21-18-15-12-9-6-3)69-63(66)57-54-51-48-45-42-39-36-34-32-30-28-26-23-20-17-14-11-8-5-2/h7-12,15-21,24-28,31-34,37-38,40-41,43,46-47,50,60H,4-6,13-14,22-23,29-30,35-36,39,42,44-45,48-49,51-59H2,1-3H3/b10-7-,11-8-,12-9-,18-15-,19-16-,20-17-,24-21-,27-25-,28-26-,33-31-,34-32-,40-37-,41-38-,46-43-,50-47-. The van der Waals surface area contributed by atoms with Crippen LogP contribution in [0.2, 0.25) is 0 Å². The number of unbranched alkanes of at least 4 members (excludes halogenated alkanes) is 7. The maximum atomic E-state index is 12.8. The van der Waals surface area contributed by atoms with E-state index in [4.69, 9.17) is 14.2 Å². The number of esters is 3. The Morgan fingerprint density at radius 1 is 0.304 bits per heavy atom. The zero-order valence-electron chi connectivity index (χ0n) is 43.2. The molecule has 0 aromatic carbocycles. The molecule has 0 bridgehead atoms. The van der Waals surface area contributed by atoms with Crippen molar-refractivity contribution < 1.29 is 28.6 Å². The monoisotopic (exact) mass is 945 g/mol. The van der Waals surface area contributed by atoms with Crippen LogP contribution in [0, 0.1) is 0 Å². The smallest absolute Gasteiger partial charge is 0.306 e. The first kappa shape index (κ1) is 63.5. The third-order valence-electron chi connectivity index (χ3n) is 10.0. The fourth-order valence-corrected chi connectivity index (χ4v) is 6.19. The molecule has 380 valence electrons. The molecule has 0 aliphatic carbocycles. The lowest BCUT2D eigenvalue weighted by Gasteiger charge is -2.18. The van der Waals surface area contributed by atoms with E-state index in [2.05, 4.69) is 136 Å². The fraction of sp³-hybridized carbons (Fsp3) is 0.476. The Balaban J connectivity index is 4.65. The molecule has 69 heavy (non-hydrogen) atoms. The van der Waals surface area contributed by atoms with E-state index in [1.54, 1.807) is 0 Å². The summed E-state index contributed by atoms with van der Waals surface area (Å²) in [7, 11) is 0. The summed E-state index contributed by atoms with van der Waals surface area (Å²) in [6.07, 6.45) is 83.2. The lowest BCUT2D eigenvalue weighted by Crippen LogP contribution is -2.30. The van der Waals surface area contributed by atoms with Gasteiger partial charge in [0.05, 0.1) is 0 Å². The number of carbonyl (C=O) groups excluding carboxylic acids is 3. The van der Waals surface area contributed by atoms with Crippen molar-refractivity contribution in [3.8, 4) is 0 Å². The van der Waals surface area contributed by atoms with E-state index in [9.17, 15) is 14.4 Å². The average Bonchev–Trinajstić information content (AvgIpc) is 3.35. The molecule has 0 saturated carbocycles. The number of hydrogen-bond donors (Lipinski definition) is 0. The lowest BCUT2D eigenvalue weighted by atomic mass is 10.1. The Labute approximate surface area is 421 Å². The zero-order chi connectivity index (χ0) is 50.0. The van der Waals surface area contributed by atoms with Gasteiger partial charge in [-0.3, -0.25) is 14.4 Å². The molecule has 0 aliphatic heterocycles. The minimum absolute atomic E-state index is 0.155. The Bertz CT molecular complexity index is 1700. The van der Waals surface area contributed by atoms with Gasteiger partial charge >= 0.3 is 17.9 Å². The Morgan fingerprint density at radius 2 is 0.638 bits per heavy atom. The summed E-state index contributed by atoms with van der Waals surface area (Å²) in [5.41, 5.74) is 0. The van der Waals surface area contributed by atoms with Crippen molar-refractivity contribution in [2.75, 3.05) is 13.2 Å². The van der Waals surface area contributed by atoms with Crippen molar-refractivity contribution in [1.29, 1.82) is 0 Å². The van der Waals surface area contributed by atoms with Gasteiger partial charge in [0, 0.05) is 19.3 Å². The van der Waals surface area contributed by atoms with Gasteiger partial charge in [0.15, 0.2) is 6.10 Å². The average molecular weight is 945 g/mol. The van der Waals surface area contributed by atoms with Crippen molar-refractivity contribution >= 4 is 17.9 Å². The molecule has 0 N–H and O–H groups in total. The number of carbonyl (C=O) groups is 3. The van der Waals surface area contributed by atoms with Crippen molar-refractivity contribution in [3.05, 3.63) is 182 Å². The van der Waals surface area contributed by atoms with Gasteiger partial charge in [0.1, 0.15) is 13.2 Å². The highest BCUT2D eigenvalue weighted by atomic mass is 16.6. The summed E-state index contributed by atoms with van der Waals surface area (Å²) >= 11 is 0. The molecule has 0 aliphatic rings. The molecule has 0 spiro atoms. The highest BCUT2D eigenvalue weighted by molar-refractivity contribution is 5.71. The summed E-state index contributed by atoms with van der Waals surface area (Å²) in [4.78, 5) is 38.0. The predicted octanol–water partition coefficient (Wildman–Crippen LogP) is 17.7. The quantitative estimate of drug-likeness (QED) is 0.0199. The van der Waals surface area contributed by atoms with E-state index < -0.39 is 6.10 Å². The van der Waals surface area contributed by atoms with Crippen LogP contribution >= 0.6 is 0 Å². The first-order chi connectivity index (χ1) is 34.0. The van der Waals surface area contributed by atoms with Crippen LogP contribution in [0.1, 0.15) is 175 Å². The van der Waals surface area contributed by atoms with Gasteiger partial charge in [0.25, 0.3) is 0 Å². The molecule has 0 aromatic rings. The molecule has 1 unspecified atom stereocenters. The molecule has 0 fully saturated rings. The molecule has 0 heterocycles. The molecule has 6 heteroatoms. The second-order valence-electron chi connectivity index (χ2n) is 16.4. The van der Waals surface area contributed by atoms with Crippen molar-refractivity contribution in [2.24, 2.45) is 0 Å². The lowest BCUT2D eigenvalue weighted by molar-refractivity contribution is -0.166. The largest absolute Gasteiger partial charge is 0.462 e. The molecular weight excluding hydrogens is 853 g/mol. The minimum atomic E-state index is -0.856. The van der Waals surface area contributed by atoms with Crippen LogP contribution in [0.3, 0.4) is 0 Å². The second-order valence-corrected chi connectivity index (χ2v) is 16.4. The predicted molar refractivity (Wildman–Crippen MR) is 297 cm³/mol. The first-order valence-electron chi connectivity index (χ1n) is 26.4. The Kier molecular flexibility index (Phi) is 50.7. The molecule has 0 aromatic heterocycles. The number of allylic oxidation sites excluding steroid dienone is 30. The van der Waals surface area contributed by atoms with Gasteiger partial charge in [-0.05, 0) is 109 Å². The Morgan fingerprint density at radius 3 is 1.10 bits per heavy atom. The molecule has 0 saturated heterocycles. The molecular formula is C63H92O6. The van der Waals surface area contributed by atoms with Crippen molar-refractivity contribution in [1.82, 2.24) is 0 Å². The maximum absolute atomic E-state index is 12.8. The minimum Gasteiger partial charge on any atom is -0.462 e. The van der Waals surface area contributed by atoms with Crippen molar-refractivity contribution in [3.63, 3.8) is 0 Å². The SMILES string of the molecule is CC\C=C/C=C\C=C/C=C\C=C/CCCC(=O)OCC(COC(=O)CC/C=C\C/C=C\C/C=C\C/C=C\C/C=C\C/C=C\CC)OC(=O)CCCCCCCC/C=C\C/C=C\C/C=C\C/C=C\CC. The second kappa shape index (κ2) is 55.1. The maximum Gasteiger partial charge on any atom is 0.306 e. The highest BCUT2D eigenvalue weighted by Crippen LogP contribution is 2.12. The molecule has 0 amide bonds. The van der Waals surface area contributed by atoms with Crippen LogP contribution in [-0.2, 0) is 28.6 Å². The summed E-state index contributed by atoms with van der Waals surface area (Å²) in [5.74, 6) is -1.14.